The molecule has 0 spiro atoms. The lowest BCUT2D eigenvalue weighted by Gasteiger charge is -2.15. The van der Waals surface area contributed by atoms with Crippen molar-refractivity contribution in [3.05, 3.63) is 59.7 Å². The SMILES string of the molecule is CCO[C@@H](Cc1ccc(OCC(C)c2cccc(OC)c2)cc1)C(=O)O. The first-order chi connectivity index (χ1) is 12.5. The molecule has 2 rings (SSSR count). The summed E-state index contributed by atoms with van der Waals surface area (Å²) in [6, 6.07) is 15.4. The van der Waals surface area contributed by atoms with Crippen molar-refractivity contribution in [1.82, 2.24) is 0 Å². The van der Waals surface area contributed by atoms with E-state index in [1.54, 1.807) is 14.0 Å². The van der Waals surface area contributed by atoms with E-state index in [0.29, 0.717) is 19.6 Å². The predicted molar refractivity (Wildman–Crippen MR) is 100 cm³/mol. The Morgan fingerprint density at radius 1 is 1.12 bits per heavy atom. The average Bonchev–Trinajstić information content (AvgIpc) is 2.66. The number of ether oxygens (including phenoxy) is 3. The van der Waals surface area contributed by atoms with Gasteiger partial charge in [-0.2, -0.15) is 0 Å². The van der Waals surface area contributed by atoms with Crippen molar-refractivity contribution in [2.45, 2.75) is 32.3 Å². The van der Waals surface area contributed by atoms with E-state index in [4.69, 9.17) is 19.3 Å². The summed E-state index contributed by atoms with van der Waals surface area (Å²) in [6.45, 7) is 4.81. The first kappa shape index (κ1) is 19.8. The van der Waals surface area contributed by atoms with Gasteiger partial charge < -0.3 is 19.3 Å². The Morgan fingerprint density at radius 3 is 2.46 bits per heavy atom. The summed E-state index contributed by atoms with van der Waals surface area (Å²) in [5, 5.41) is 9.15. The highest BCUT2D eigenvalue weighted by molar-refractivity contribution is 5.72. The van der Waals surface area contributed by atoms with Crippen LogP contribution in [-0.4, -0.2) is 37.5 Å². The highest BCUT2D eigenvalue weighted by Crippen LogP contribution is 2.22. The largest absolute Gasteiger partial charge is 0.497 e. The summed E-state index contributed by atoms with van der Waals surface area (Å²) in [4.78, 5) is 11.2. The standard InChI is InChI=1S/C21H26O5/c1-4-25-20(21(22)23)12-16-8-10-18(11-9-16)26-14-15(2)17-6-5-7-19(13-17)24-3/h5-11,13,15,20H,4,12,14H2,1-3H3,(H,22,23)/t15?,20-/m0/s1. The molecule has 0 saturated carbocycles. The molecule has 0 aliphatic carbocycles. The summed E-state index contributed by atoms with van der Waals surface area (Å²) in [5.74, 6) is 0.867. The average molecular weight is 358 g/mol. The van der Waals surface area contributed by atoms with Crippen LogP contribution in [0.15, 0.2) is 48.5 Å². The van der Waals surface area contributed by atoms with Gasteiger partial charge in [-0.1, -0.05) is 31.2 Å². The number of carboxylic acids is 1. The predicted octanol–water partition coefficient (Wildman–Crippen LogP) is 3.91. The van der Waals surface area contributed by atoms with Crippen molar-refractivity contribution in [1.29, 1.82) is 0 Å². The molecule has 5 nitrogen and oxygen atoms in total. The second-order valence-corrected chi connectivity index (χ2v) is 6.12. The van der Waals surface area contributed by atoms with Crippen molar-refractivity contribution in [3.63, 3.8) is 0 Å². The molecular weight excluding hydrogens is 332 g/mol. The van der Waals surface area contributed by atoms with Gasteiger partial charge in [0.2, 0.25) is 0 Å². The third kappa shape index (κ3) is 5.77. The minimum Gasteiger partial charge on any atom is -0.497 e. The number of hydrogen-bond acceptors (Lipinski definition) is 4. The molecule has 0 saturated heterocycles. The van der Waals surface area contributed by atoms with Crippen LogP contribution in [0.2, 0.25) is 0 Å². The van der Waals surface area contributed by atoms with Gasteiger partial charge in [0.05, 0.1) is 13.7 Å². The van der Waals surface area contributed by atoms with Crippen LogP contribution < -0.4 is 9.47 Å². The molecule has 0 aliphatic heterocycles. The normalized spacial score (nSPS) is 13.0. The molecule has 1 unspecified atom stereocenters. The lowest BCUT2D eigenvalue weighted by molar-refractivity contribution is -0.149. The molecule has 0 bridgehead atoms. The third-order valence-electron chi connectivity index (χ3n) is 4.15. The summed E-state index contributed by atoms with van der Waals surface area (Å²) in [6.07, 6.45) is -0.483. The van der Waals surface area contributed by atoms with E-state index in [1.165, 1.54) is 0 Å². The smallest absolute Gasteiger partial charge is 0.333 e. The first-order valence-electron chi connectivity index (χ1n) is 8.73. The minimum atomic E-state index is -0.945. The Hall–Kier alpha value is -2.53. The topological polar surface area (TPSA) is 65.0 Å². The summed E-state index contributed by atoms with van der Waals surface area (Å²) in [5.41, 5.74) is 2.06. The van der Waals surface area contributed by atoms with Gasteiger partial charge in [-0.25, -0.2) is 4.79 Å². The molecule has 0 aromatic heterocycles. The Bertz CT molecular complexity index is 696. The fourth-order valence-electron chi connectivity index (χ4n) is 2.62. The van der Waals surface area contributed by atoms with Crippen LogP contribution in [0, 0.1) is 0 Å². The molecule has 26 heavy (non-hydrogen) atoms. The fourth-order valence-corrected chi connectivity index (χ4v) is 2.62. The first-order valence-corrected chi connectivity index (χ1v) is 8.73. The molecule has 0 amide bonds. The Kier molecular flexibility index (Phi) is 7.48. The van der Waals surface area contributed by atoms with Crippen molar-refractivity contribution >= 4 is 5.97 Å². The molecule has 140 valence electrons. The van der Waals surface area contributed by atoms with Crippen LogP contribution >= 0.6 is 0 Å². The number of aliphatic carboxylic acids is 1. The van der Waals surface area contributed by atoms with Crippen LogP contribution in [0.4, 0.5) is 0 Å². The molecule has 0 aliphatic rings. The van der Waals surface area contributed by atoms with Gasteiger partial charge in [0.15, 0.2) is 6.10 Å². The number of rotatable bonds is 10. The van der Waals surface area contributed by atoms with E-state index in [9.17, 15) is 4.79 Å². The van der Waals surface area contributed by atoms with Gasteiger partial charge in [-0.15, -0.1) is 0 Å². The van der Waals surface area contributed by atoms with Gasteiger partial charge in [0, 0.05) is 18.9 Å². The lowest BCUT2D eigenvalue weighted by Crippen LogP contribution is -2.26. The number of carbonyl (C=O) groups is 1. The Morgan fingerprint density at radius 2 is 1.85 bits per heavy atom. The summed E-state index contributed by atoms with van der Waals surface area (Å²) < 4.78 is 16.4. The highest BCUT2D eigenvalue weighted by Gasteiger charge is 2.17. The van der Waals surface area contributed by atoms with E-state index in [-0.39, 0.29) is 5.92 Å². The quantitative estimate of drug-likeness (QED) is 0.697. The highest BCUT2D eigenvalue weighted by atomic mass is 16.5. The van der Waals surface area contributed by atoms with Crippen LogP contribution in [0.1, 0.15) is 30.9 Å². The molecule has 1 N–H and O–H groups in total. The molecular formula is C21H26O5. The van der Waals surface area contributed by atoms with Gasteiger partial charge in [0.25, 0.3) is 0 Å². The zero-order valence-corrected chi connectivity index (χ0v) is 15.5. The molecule has 2 atom stereocenters. The summed E-state index contributed by atoms with van der Waals surface area (Å²) >= 11 is 0. The fraction of sp³-hybridized carbons (Fsp3) is 0.381. The van der Waals surface area contributed by atoms with Gasteiger partial charge in [-0.3, -0.25) is 0 Å². The Labute approximate surface area is 154 Å². The van der Waals surface area contributed by atoms with E-state index < -0.39 is 12.1 Å². The zero-order chi connectivity index (χ0) is 18.9. The zero-order valence-electron chi connectivity index (χ0n) is 15.5. The van der Waals surface area contributed by atoms with Crippen LogP contribution in [-0.2, 0) is 16.0 Å². The van der Waals surface area contributed by atoms with Crippen LogP contribution in [0.3, 0.4) is 0 Å². The molecule has 5 heteroatoms. The molecule has 2 aromatic carbocycles. The van der Waals surface area contributed by atoms with Gasteiger partial charge in [-0.05, 0) is 42.3 Å². The van der Waals surface area contributed by atoms with Crippen molar-refractivity contribution < 1.29 is 24.1 Å². The van der Waals surface area contributed by atoms with Crippen LogP contribution in [0.5, 0.6) is 11.5 Å². The third-order valence-corrected chi connectivity index (χ3v) is 4.15. The molecule has 0 heterocycles. The maximum absolute atomic E-state index is 11.2. The van der Waals surface area contributed by atoms with Crippen LogP contribution in [0.25, 0.3) is 0 Å². The van der Waals surface area contributed by atoms with Gasteiger partial charge in [0.1, 0.15) is 11.5 Å². The molecule has 0 radical (unpaired) electrons. The number of carboxylic acid groups (broad SMARTS) is 1. The molecule has 2 aromatic rings. The summed E-state index contributed by atoms with van der Waals surface area (Å²) in [7, 11) is 1.66. The van der Waals surface area contributed by atoms with Crippen molar-refractivity contribution in [2.24, 2.45) is 0 Å². The maximum Gasteiger partial charge on any atom is 0.333 e. The van der Waals surface area contributed by atoms with Crippen molar-refractivity contribution in [2.75, 3.05) is 20.3 Å². The monoisotopic (exact) mass is 358 g/mol. The number of hydrogen-bond donors (Lipinski definition) is 1. The molecule has 0 fully saturated rings. The second-order valence-electron chi connectivity index (χ2n) is 6.12. The van der Waals surface area contributed by atoms with E-state index in [0.717, 1.165) is 22.6 Å². The van der Waals surface area contributed by atoms with Crippen molar-refractivity contribution in [3.8, 4) is 11.5 Å². The lowest BCUT2D eigenvalue weighted by atomic mass is 10.0. The minimum absolute atomic E-state index is 0.221. The second kappa shape index (κ2) is 9.82. The number of methoxy groups -OCH3 is 1. The van der Waals surface area contributed by atoms with Gasteiger partial charge >= 0.3 is 5.97 Å². The van der Waals surface area contributed by atoms with E-state index in [2.05, 4.69) is 13.0 Å². The number of benzene rings is 2. The van der Waals surface area contributed by atoms with E-state index >= 15 is 0 Å². The maximum atomic E-state index is 11.2. The van der Waals surface area contributed by atoms with E-state index in [1.807, 2.05) is 42.5 Å². The Balaban J connectivity index is 1.91.